The van der Waals surface area contributed by atoms with Crippen LogP contribution in [0.4, 0.5) is 0 Å². The van der Waals surface area contributed by atoms with Crippen LogP contribution in [-0.2, 0) is 22.6 Å². The predicted octanol–water partition coefficient (Wildman–Crippen LogP) is 1.03. The summed E-state index contributed by atoms with van der Waals surface area (Å²) in [4.78, 5) is 6.57. The second-order valence-corrected chi connectivity index (χ2v) is 4.47. The van der Waals surface area contributed by atoms with Crippen LogP contribution in [0.15, 0.2) is 18.3 Å². The van der Waals surface area contributed by atoms with Gasteiger partial charge in [0.15, 0.2) is 0 Å². The third-order valence-electron chi connectivity index (χ3n) is 2.93. The van der Waals surface area contributed by atoms with Gasteiger partial charge in [-0.05, 0) is 24.1 Å². The molecule has 0 aliphatic heterocycles. The third kappa shape index (κ3) is 6.63. The fourth-order valence-corrected chi connectivity index (χ4v) is 1.92. The molecule has 2 N–H and O–H groups in total. The molecule has 0 fully saturated rings. The minimum absolute atomic E-state index is 0.482. The summed E-state index contributed by atoms with van der Waals surface area (Å²) in [6.07, 6.45) is 2.84. The molecule has 0 unspecified atom stereocenters. The Morgan fingerprint density at radius 2 is 2.00 bits per heavy atom. The molecular weight excluding hydrogens is 242 g/mol. The van der Waals surface area contributed by atoms with Crippen LogP contribution in [0.5, 0.6) is 0 Å². The van der Waals surface area contributed by atoms with Crippen molar-refractivity contribution < 1.29 is 9.47 Å². The molecule has 0 saturated heterocycles. The highest BCUT2D eigenvalue weighted by Gasteiger charge is 2.06. The van der Waals surface area contributed by atoms with Gasteiger partial charge < -0.3 is 15.2 Å². The zero-order valence-corrected chi connectivity index (χ0v) is 12.0. The summed E-state index contributed by atoms with van der Waals surface area (Å²) in [6, 6.07) is 4.10. The zero-order chi connectivity index (χ0) is 13.9. The summed E-state index contributed by atoms with van der Waals surface area (Å²) in [5.41, 5.74) is 7.79. The van der Waals surface area contributed by atoms with Gasteiger partial charge in [0, 0.05) is 53.2 Å². The van der Waals surface area contributed by atoms with Crippen molar-refractivity contribution in [1.82, 2.24) is 9.88 Å². The van der Waals surface area contributed by atoms with Crippen LogP contribution in [0, 0.1) is 0 Å². The topological polar surface area (TPSA) is 60.6 Å². The monoisotopic (exact) mass is 267 g/mol. The second kappa shape index (κ2) is 9.86. The number of nitrogens with two attached hydrogens (primary N) is 1. The number of hydrogen-bond acceptors (Lipinski definition) is 5. The van der Waals surface area contributed by atoms with Crippen LogP contribution in [0.1, 0.15) is 17.7 Å². The largest absolute Gasteiger partial charge is 0.385 e. The van der Waals surface area contributed by atoms with Crippen molar-refractivity contribution in [3.63, 3.8) is 0 Å². The molecule has 1 aromatic rings. The molecule has 0 spiro atoms. The summed E-state index contributed by atoms with van der Waals surface area (Å²) >= 11 is 0. The summed E-state index contributed by atoms with van der Waals surface area (Å²) < 4.78 is 10.3. The van der Waals surface area contributed by atoms with E-state index in [1.807, 2.05) is 12.3 Å². The van der Waals surface area contributed by atoms with E-state index in [4.69, 9.17) is 15.2 Å². The van der Waals surface area contributed by atoms with Crippen LogP contribution in [-0.4, -0.2) is 50.4 Å². The van der Waals surface area contributed by atoms with Gasteiger partial charge in [-0.25, -0.2) is 0 Å². The first kappa shape index (κ1) is 16.0. The Bertz CT molecular complexity index is 347. The summed E-state index contributed by atoms with van der Waals surface area (Å²) in [6.45, 7) is 4.81. The molecular formula is C14H25N3O2. The van der Waals surface area contributed by atoms with E-state index in [9.17, 15) is 0 Å². The van der Waals surface area contributed by atoms with Gasteiger partial charge in [0.2, 0.25) is 0 Å². The lowest BCUT2D eigenvalue weighted by Crippen LogP contribution is -2.28. The number of hydrogen-bond donors (Lipinski definition) is 1. The Labute approximate surface area is 115 Å². The van der Waals surface area contributed by atoms with Crippen molar-refractivity contribution >= 4 is 0 Å². The minimum Gasteiger partial charge on any atom is -0.385 e. The lowest BCUT2D eigenvalue weighted by atomic mass is 10.2. The van der Waals surface area contributed by atoms with E-state index in [2.05, 4.69) is 16.0 Å². The molecule has 0 aliphatic rings. The van der Waals surface area contributed by atoms with Crippen LogP contribution < -0.4 is 5.73 Å². The van der Waals surface area contributed by atoms with Crippen LogP contribution >= 0.6 is 0 Å². The molecule has 5 heteroatoms. The first-order valence-corrected chi connectivity index (χ1v) is 6.64. The number of nitrogens with zero attached hydrogens (tertiary/aromatic N) is 2. The summed E-state index contributed by atoms with van der Waals surface area (Å²) in [5, 5.41) is 0. The fourth-order valence-electron chi connectivity index (χ4n) is 1.92. The van der Waals surface area contributed by atoms with Gasteiger partial charge in [0.05, 0.1) is 12.3 Å². The Morgan fingerprint density at radius 3 is 2.68 bits per heavy atom. The van der Waals surface area contributed by atoms with Crippen LogP contribution in [0.3, 0.4) is 0 Å². The standard InChI is InChI=1S/C14H25N3O2/c1-18-8-3-6-17(7-9-19-2)12-13-4-5-16-14(10-13)11-15/h4-5,10H,3,6-9,11-12,15H2,1-2H3. The van der Waals surface area contributed by atoms with Crippen molar-refractivity contribution in [2.75, 3.05) is 40.5 Å². The summed E-state index contributed by atoms with van der Waals surface area (Å²) in [5.74, 6) is 0. The van der Waals surface area contributed by atoms with Gasteiger partial charge >= 0.3 is 0 Å². The van der Waals surface area contributed by atoms with E-state index < -0.39 is 0 Å². The molecule has 0 aliphatic carbocycles. The smallest absolute Gasteiger partial charge is 0.0589 e. The maximum atomic E-state index is 5.62. The molecule has 1 heterocycles. The SMILES string of the molecule is COCCCN(CCOC)Cc1ccnc(CN)c1. The van der Waals surface area contributed by atoms with Gasteiger partial charge in [-0.1, -0.05) is 0 Å². The average molecular weight is 267 g/mol. The zero-order valence-electron chi connectivity index (χ0n) is 12.0. The Morgan fingerprint density at radius 1 is 1.21 bits per heavy atom. The first-order chi connectivity index (χ1) is 9.30. The molecule has 0 radical (unpaired) electrons. The van der Waals surface area contributed by atoms with Crippen molar-refractivity contribution in [1.29, 1.82) is 0 Å². The van der Waals surface area contributed by atoms with E-state index in [1.165, 1.54) is 5.56 Å². The van der Waals surface area contributed by atoms with Crippen molar-refractivity contribution in [3.05, 3.63) is 29.6 Å². The Kier molecular flexibility index (Phi) is 8.33. The highest BCUT2D eigenvalue weighted by atomic mass is 16.5. The van der Waals surface area contributed by atoms with Gasteiger partial charge in [-0.2, -0.15) is 0 Å². The van der Waals surface area contributed by atoms with E-state index in [1.54, 1.807) is 14.2 Å². The molecule has 5 nitrogen and oxygen atoms in total. The number of aromatic nitrogens is 1. The Hall–Kier alpha value is -1.01. The molecule has 0 atom stereocenters. The quantitative estimate of drug-likeness (QED) is 0.641. The molecule has 1 rings (SSSR count). The molecule has 108 valence electrons. The first-order valence-electron chi connectivity index (χ1n) is 6.64. The number of ether oxygens (including phenoxy) is 2. The predicted molar refractivity (Wildman–Crippen MR) is 75.8 cm³/mol. The maximum Gasteiger partial charge on any atom is 0.0589 e. The minimum atomic E-state index is 0.482. The molecule has 0 saturated carbocycles. The number of rotatable bonds is 10. The van der Waals surface area contributed by atoms with Gasteiger partial charge in [-0.15, -0.1) is 0 Å². The van der Waals surface area contributed by atoms with Gasteiger partial charge in [0.25, 0.3) is 0 Å². The normalized spacial score (nSPS) is 11.2. The molecule has 0 aromatic carbocycles. The molecule has 19 heavy (non-hydrogen) atoms. The van der Waals surface area contributed by atoms with Crippen molar-refractivity contribution in [3.8, 4) is 0 Å². The van der Waals surface area contributed by atoms with Gasteiger partial charge in [-0.3, -0.25) is 9.88 Å². The number of pyridine rings is 1. The Balaban J connectivity index is 2.53. The van der Waals surface area contributed by atoms with Crippen LogP contribution in [0.25, 0.3) is 0 Å². The maximum absolute atomic E-state index is 5.62. The van der Waals surface area contributed by atoms with E-state index in [0.717, 1.165) is 45.0 Å². The highest BCUT2D eigenvalue weighted by molar-refractivity contribution is 5.16. The summed E-state index contributed by atoms with van der Waals surface area (Å²) in [7, 11) is 3.46. The van der Waals surface area contributed by atoms with E-state index in [0.29, 0.717) is 6.54 Å². The molecule has 1 aromatic heterocycles. The van der Waals surface area contributed by atoms with E-state index >= 15 is 0 Å². The number of methoxy groups -OCH3 is 2. The average Bonchev–Trinajstić information content (AvgIpc) is 2.45. The highest BCUT2D eigenvalue weighted by Crippen LogP contribution is 2.06. The molecule has 0 bridgehead atoms. The lowest BCUT2D eigenvalue weighted by Gasteiger charge is -2.22. The van der Waals surface area contributed by atoms with E-state index in [-0.39, 0.29) is 0 Å². The lowest BCUT2D eigenvalue weighted by molar-refractivity contribution is 0.129. The van der Waals surface area contributed by atoms with Crippen LogP contribution in [0.2, 0.25) is 0 Å². The second-order valence-electron chi connectivity index (χ2n) is 4.47. The third-order valence-corrected chi connectivity index (χ3v) is 2.93. The van der Waals surface area contributed by atoms with Crippen molar-refractivity contribution in [2.24, 2.45) is 5.73 Å². The van der Waals surface area contributed by atoms with Gasteiger partial charge in [0.1, 0.15) is 0 Å². The molecule has 0 amide bonds. The fraction of sp³-hybridized carbons (Fsp3) is 0.643. The van der Waals surface area contributed by atoms with Crippen molar-refractivity contribution in [2.45, 2.75) is 19.5 Å².